The molecule has 0 radical (unpaired) electrons. The second-order valence-electron chi connectivity index (χ2n) is 8.04. The number of aromatic nitrogens is 3. The van der Waals surface area contributed by atoms with Crippen molar-refractivity contribution in [2.45, 2.75) is 32.0 Å². The number of benzene rings is 2. The molecule has 11 heteroatoms. The molecule has 1 aromatic heterocycles. The van der Waals surface area contributed by atoms with E-state index in [1.165, 1.54) is 23.9 Å². The average molecular weight is 541 g/mol. The predicted molar refractivity (Wildman–Crippen MR) is 138 cm³/mol. The van der Waals surface area contributed by atoms with Gasteiger partial charge in [-0.2, -0.15) is 0 Å². The summed E-state index contributed by atoms with van der Waals surface area (Å²) in [5.41, 5.74) is 2.03. The number of anilines is 1. The van der Waals surface area contributed by atoms with E-state index in [-0.39, 0.29) is 34.5 Å². The minimum Gasteiger partial charge on any atom is -0.342 e. The van der Waals surface area contributed by atoms with Crippen LogP contribution in [-0.2, 0) is 11.8 Å². The number of carbonyl (C=O) groups is 2. The molecule has 2 N–H and O–H groups in total. The van der Waals surface area contributed by atoms with Crippen LogP contribution in [-0.4, -0.2) is 32.3 Å². The van der Waals surface area contributed by atoms with E-state index in [9.17, 15) is 9.59 Å². The molecule has 2 aromatic carbocycles. The van der Waals surface area contributed by atoms with Gasteiger partial charge in [-0.1, -0.05) is 78.1 Å². The maximum atomic E-state index is 12.8. The summed E-state index contributed by atoms with van der Waals surface area (Å²) in [5.74, 6) is 0.266. The van der Waals surface area contributed by atoms with Crippen molar-refractivity contribution in [1.29, 1.82) is 0 Å². The Morgan fingerprint density at radius 3 is 2.32 bits per heavy atom. The van der Waals surface area contributed by atoms with Crippen LogP contribution < -0.4 is 10.6 Å². The minimum absolute atomic E-state index is 0.0650. The number of halogens is 3. The summed E-state index contributed by atoms with van der Waals surface area (Å²) < 4.78 is 1.78. The van der Waals surface area contributed by atoms with Gasteiger partial charge in [-0.3, -0.25) is 9.59 Å². The fourth-order valence-electron chi connectivity index (χ4n) is 3.12. The molecular formula is C23H24Cl3N5O2S. The molecule has 34 heavy (non-hydrogen) atoms. The maximum Gasteiger partial charge on any atom is 0.251 e. The van der Waals surface area contributed by atoms with Gasteiger partial charge in [-0.15, -0.1) is 10.2 Å². The molecule has 3 rings (SSSR count). The molecule has 1 atom stereocenters. The van der Waals surface area contributed by atoms with E-state index >= 15 is 0 Å². The number of amides is 2. The SMILES string of the molecule is Cc1ccc(C(=O)N[C@H](c2nnc(SCC(=O)Nc3cc(Cl)c(Cl)cc3Cl)n2C)C(C)C)cc1. The van der Waals surface area contributed by atoms with Gasteiger partial charge in [-0.25, -0.2) is 0 Å². The van der Waals surface area contributed by atoms with E-state index in [2.05, 4.69) is 20.8 Å². The summed E-state index contributed by atoms with van der Waals surface area (Å²) in [6, 6.07) is 9.99. The fraction of sp³-hybridized carbons (Fsp3) is 0.304. The number of nitrogens with zero attached hydrogens (tertiary/aromatic N) is 3. The van der Waals surface area contributed by atoms with Crippen LogP contribution in [0.5, 0.6) is 0 Å². The van der Waals surface area contributed by atoms with Crippen LogP contribution in [0, 0.1) is 12.8 Å². The Morgan fingerprint density at radius 1 is 1.03 bits per heavy atom. The van der Waals surface area contributed by atoms with Crippen molar-refractivity contribution in [1.82, 2.24) is 20.1 Å². The zero-order valence-corrected chi connectivity index (χ0v) is 22.1. The van der Waals surface area contributed by atoms with Gasteiger partial charge in [0.2, 0.25) is 5.91 Å². The largest absolute Gasteiger partial charge is 0.342 e. The van der Waals surface area contributed by atoms with E-state index in [0.717, 1.165) is 5.56 Å². The Kier molecular flexibility index (Phi) is 8.87. The Balaban J connectivity index is 1.67. The van der Waals surface area contributed by atoms with Gasteiger partial charge in [-0.05, 0) is 37.1 Å². The van der Waals surface area contributed by atoms with Crippen LogP contribution in [0.15, 0.2) is 41.6 Å². The first kappa shape index (κ1) is 26.3. The first-order chi connectivity index (χ1) is 16.1. The van der Waals surface area contributed by atoms with Gasteiger partial charge in [0.15, 0.2) is 11.0 Å². The summed E-state index contributed by atoms with van der Waals surface area (Å²) in [7, 11) is 1.80. The van der Waals surface area contributed by atoms with Crippen LogP contribution in [0.3, 0.4) is 0 Å². The molecule has 0 spiro atoms. The molecule has 3 aromatic rings. The molecule has 0 aliphatic carbocycles. The van der Waals surface area contributed by atoms with Crippen molar-refractivity contribution in [3.05, 3.63) is 68.4 Å². The van der Waals surface area contributed by atoms with Crippen LogP contribution in [0.25, 0.3) is 0 Å². The number of hydrogen-bond acceptors (Lipinski definition) is 5. The molecule has 1 heterocycles. The van der Waals surface area contributed by atoms with Crippen molar-refractivity contribution in [3.8, 4) is 0 Å². The fourth-order valence-corrected chi connectivity index (χ4v) is 4.43. The molecule has 0 saturated heterocycles. The summed E-state index contributed by atoms with van der Waals surface area (Å²) in [6.45, 7) is 5.96. The lowest BCUT2D eigenvalue weighted by Crippen LogP contribution is -2.33. The third kappa shape index (κ3) is 6.44. The van der Waals surface area contributed by atoms with Gasteiger partial charge in [0.1, 0.15) is 0 Å². The van der Waals surface area contributed by atoms with E-state index < -0.39 is 0 Å². The summed E-state index contributed by atoms with van der Waals surface area (Å²) in [6.07, 6.45) is 0. The first-order valence-electron chi connectivity index (χ1n) is 10.4. The van der Waals surface area contributed by atoms with Gasteiger partial charge >= 0.3 is 0 Å². The van der Waals surface area contributed by atoms with E-state index in [4.69, 9.17) is 34.8 Å². The molecule has 180 valence electrons. The molecule has 0 bridgehead atoms. The van der Waals surface area contributed by atoms with Crippen LogP contribution >= 0.6 is 46.6 Å². The zero-order chi connectivity index (χ0) is 25.0. The number of hydrogen-bond donors (Lipinski definition) is 2. The number of rotatable bonds is 8. The Morgan fingerprint density at radius 2 is 1.68 bits per heavy atom. The van der Waals surface area contributed by atoms with Crippen LogP contribution in [0.2, 0.25) is 15.1 Å². The van der Waals surface area contributed by atoms with Gasteiger partial charge in [0, 0.05) is 12.6 Å². The average Bonchev–Trinajstić information content (AvgIpc) is 3.14. The number of thioether (sulfide) groups is 1. The van der Waals surface area contributed by atoms with Crippen molar-refractivity contribution < 1.29 is 9.59 Å². The quantitative estimate of drug-likeness (QED) is 0.273. The van der Waals surface area contributed by atoms with Crippen molar-refractivity contribution in [2.75, 3.05) is 11.1 Å². The summed E-state index contributed by atoms with van der Waals surface area (Å²) in [4.78, 5) is 25.2. The highest BCUT2D eigenvalue weighted by Crippen LogP contribution is 2.32. The molecule has 0 saturated carbocycles. The lowest BCUT2D eigenvalue weighted by molar-refractivity contribution is -0.113. The zero-order valence-electron chi connectivity index (χ0n) is 19.0. The van der Waals surface area contributed by atoms with E-state index in [1.54, 1.807) is 23.7 Å². The maximum absolute atomic E-state index is 12.8. The van der Waals surface area contributed by atoms with E-state index in [0.29, 0.717) is 32.3 Å². The Bertz CT molecular complexity index is 1200. The van der Waals surface area contributed by atoms with Crippen LogP contribution in [0.4, 0.5) is 5.69 Å². The highest BCUT2D eigenvalue weighted by atomic mass is 35.5. The molecule has 7 nitrogen and oxygen atoms in total. The lowest BCUT2D eigenvalue weighted by Gasteiger charge is -2.21. The molecular weight excluding hydrogens is 517 g/mol. The lowest BCUT2D eigenvalue weighted by atomic mass is 10.0. The van der Waals surface area contributed by atoms with Crippen LogP contribution in [0.1, 0.15) is 41.6 Å². The smallest absolute Gasteiger partial charge is 0.251 e. The third-order valence-corrected chi connectivity index (χ3v) is 7.09. The number of aryl methyl sites for hydroxylation is 1. The second-order valence-corrected chi connectivity index (χ2v) is 10.2. The number of carbonyl (C=O) groups excluding carboxylic acids is 2. The van der Waals surface area contributed by atoms with Gasteiger partial charge in [0.05, 0.1) is 32.5 Å². The molecule has 0 aliphatic heterocycles. The third-order valence-electron chi connectivity index (χ3n) is 5.03. The Labute approximate surface area is 217 Å². The Hall–Kier alpha value is -2.26. The molecule has 0 fully saturated rings. The molecule has 0 unspecified atom stereocenters. The standard InChI is InChI=1S/C23H24Cl3N5O2S/c1-12(2)20(28-22(33)14-7-5-13(3)6-8-14)21-29-30-23(31(21)4)34-11-19(32)27-18-10-16(25)15(24)9-17(18)26/h5-10,12,20H,11H2,1-4H3,(H,27,32)(H,28,33)/t20-/m0/s1. The normalized spacial score (nSPS) is 12.0. The highest BCUT2D eigenvalue weighted by molar-refractivity contribution is 7.99. The van der Waals surface area contributed by atoms with Gasteiger partial charge < -0.3 is 15.2 Å². The summed E-state index contributed by atoms with van der Waals surface area (Å²) in [5, 5.41) is 15.7. The molecule has 0 aliphatic rings. The topological polar surface area (TPSA) is 88.9 Å². The first-order valence-corrected chi connectivity index (χ1v) is 12.5. The minimum atomic E-state index is -0.357. The number of nitrogens with one attached hydrogen (secondary N) is 2. The van der Waals surface area contributed by atoms with E-state index in [1.807, 2.05) is 32.9 Å². The predicted octanol–water partition coefficient (Wildman–Crippen LogP) is 5.94. The monoisotopic (exact) mass is 539 g/mol. The van der Waals surface area contributed by atoms with Crippen molar-refractivity contribution in [2.24, 2.45) is 13.0 Å². The van der Waals surface area contributed by atoms with Crippen molar-refractivity contribution >= 4 is 64.1 Å². The highest BCUT2D eigenvalue weighted by Gasteiger charge is 2.25. The second kappa shape index (κ2) is 11.4. The summed E-state index contributed by atoms with van der Waals surface area (Å²) >= 11 is 19.3. The van der Waals surface area contributed by atoms with Gasteiger partial charge in [0.25, 0.3) is 5.91 Å². The molecule has 2 amide bonds. The van der Waals surface area contributed by atoms with Crippen molar-refractivity contribution in [3.63, 3.8) is 0 Å².